The number of nitro groups is 1. The molecular formula is C51H48N4O12. The summed E-state index contributed by atoms with van der Waals surface area (Å²) in [6.45, 7) is 11.0. The zero-order chi connectivity index (χ0) is 48.6. The third kappa shape index (κ3) is 14.0. The van der Waals surface area contributed by atoms with Gasteiger partial charge in [-0.15, -0.1) is 0 Å². The van der Waals surface area contributed by atoms with E-state index < -0.39 is 46.9 Å². The molecule has 0 aliphatic rings. The number of ketones is 3. The van der Waals surface area contributed by atoms with Crippen molar-refractivity contribution in [2.24, 2.45) is 5.73 Å². The van der Waals surface area contributed by atoms with E-state index in [1.807, 2.05) is 0 Å². The van der Waals surface area contributed by atoms with Gasteiger partial charge in [-0.05, 0) is 79.6 Å². The number of amides is 3. The molecule has 0 saturated heterocycles. The molecule has 5 rings (SSSR count). The molecule has 67 heavy (non-hydrogen) atoms. The lowest BCUT2D eigenvalue weighted by molar-refractivity contribution is -0.384. The predicted molar refractivity (Wildman–Crippen MR) is 249 cm³/mol. The summed E-state index contributed by atoms with van der Waals surface area (Å²) in [6, 6.07) is 25.4. The second-order valence-corrected chi connectivity index (χ2v) is 15.4. The van der Waals surface area contributed by atoms with Crippen molar-refractivity contribution in [3.8, 4) is 11.5 Å². The second-order valence-electron chi connectivity index (χ2n) is 15.4. The molecule has 5 aromatic carbocycles. The molecule has 1 atom stereocenters. The highest BCUT2D eigenvalue weighted by atomic mass is 16.6. The lowest BCUT2D eigenvalue weighted by atomic mass is 9.95. The molecule has 0 aliphatic carbocycles. The number of nitro benzene ring substituents is 1. The lowest BCUT2D eigenvalue weighted by Gasteiger charge is -2.20. The molecule has 0 fully saturated rings. The second kappa shape index (κ2) is 23.4. The smallest absolute Gasteiger partial charge is 0.338 e. The number of hydrogen-bond donors (Lipinski definition) is 3. The Morgan fingerprint density at radius 1 is 0.672 bits per heavy atom. The number of anilines is 1. The molecular weight excluding hydrogens is 861 g/mol. The quantitative estimate of drug-likeness (QED) is 0.0183. The van der Waals surface area contributed by atoms with Crippen molar-refractivity contribution >= 4 is 52.4 Å². The third-order valence-electron chi connectivity index (χ3n) is 9.93. The highest BCUT2D eigenvalue weighted by Gasteiger charge is 2.26. The van der Waals surface area contributed by atoms with Gasteiger partial charge in [0.05, 0.1) is 34.6 Å². The summed E-state index contributed by atoms with van der Waals surface area (Å²) in [7, 11) is 0. The zero-order valence-corrected chi connectivity index (χ0v) is 36.8. The first-order chi connectivity index (χ1) is 32.1. The number of nitrogens with one attached hydrogen (secondary N) is 2. The van der Waals surface area contributed by atoms with Crippen LogP contribution >= 0.6 is 0 Å². The Morgan fingerprint density at radius 2 is 1.24 bits per heavy atom. The van der Waals surface area contributed by atoms with Gasteiger partial charge in [-0.2, -0.15) is 0 Å². The lowest BCUT2D eigenvalue weighted by Crippen LogP contribution is -2.44. The van der Waals surface area contributed by atoms with Crippen LogP contribution in [0.5, 0.6) is 11.5 Å². The Hall–Kier alpha value is -8.53. The molecule has 0 bridgehead atoms. The Morgan fingerprint density at radius 3 is 1.82 bits per heavy atom. The molecule has 0 spiro atoms. The van der Waals surface area contributed by atoms with Crippen LogP contribution in [0.15, 0.2) is 135 Å². The van der Waals surface area contributed by atoms with E-state index in [2.05, 4.69) is 23.8 Å². The van der Waals surface area contributed by atoms with Crippen LogP contribution in [0.3, 0.4) is 0 Å². The number of carbonyl (C=O) groups excluding carboxylic acids is 7. The highest BCUT2D eigenvalue weighted by molar-refractivity contribution is 6.05. The van der Waals surface area contributed by atoms with E-state index in [1.54, 1.807) is 74.5 Å². The molecule has 0 aromatic heterocycles. The van der Waals surface area contributed by atoms with Gasteiger partial charge in [0.2, 0.25) is 5.91 Å². The van der Waals surface area contributed by atoms with Crippen LogP contribution < -0.4 is 25.8 Å². The monoisotopic (exact) mass is 908 g/mol. The average molecular weight is 909 g/mol. The van der Waals surface area contributed by atoms with E-state index in [9.17, 15) is 43.7 Å². The van der Waals surface area contributed by atoms with Crippen LogP contribution in [0.4, 0.5) is 11.4 Å². The van der Waals surface area contributed by atoms with Gasteiger partial charge in [0, 0.05) is 59.3 Å². The van der Waals surface area contributed by atoms with Crippen LogP contribution in [0, 0.1) is 10.1 Å². The van der Waals surface area contributed by atoms with Gasteiger partial charge in [0.1, 0.15) is 13.2 Å². The van der Waals surface area contributed by atoms with Gasteiger partial charge in [-0.1, -0.05) is 67.8 Å². The van der Waals surface area contributed by atoms with Gasteiger partial charge in [-0.3, -0.25) is 38.9 Å². The molecule has 0 radical (unpaired) electrons. The van der Waals surface area contributed by atoms with Crippen LogP contribution in [0.1, 0.15) is 88.7 Å². The molecule has 344 valence electrons. The SMILES string of the molecule is C=CCOC(=O)c1ccc(CC(=O)c2ccc(CC(=O)c3ccc(CC(=O)[C@H](CC(N)=O)NC(=O)c4ccc(NC(=O)c5ccc([N+](=O)[O-])cc5)cc4)cc3)c(OC(C)C)c2OCC=C)cc1. The third-order valence-corrected chi connectivity index (χ3v) is 9.93. The summed E-state index contributed by atoms with van der Waals surface area (Å²) < 4.78 is 17.3. The molecule has 0 heterocycles. The van der Waals surface area contributed by atoms with Gasteiger partial charge >= 0.3 is 5.97 Å². The van der Waals surface area contributed by atoms with Crippen LogP contribution in [0.25, 0.3) is 0 Å². The topological polar surface area (TPSA) is 240 Å². The number of carbonyl (C=O) groups is 7. The number of nitrogens with two attached hydrogens (primary N) is 1. The molecule has 0 saturated carbocycles. The molecule has 16 heteroatoms. The van der Waals surface area contributed by atoms with Crippen LogP contribution in [0.2, 0.25) is 0 Å². The first-order valence-electron chi connectivity index (χ1n) is 20.9. The fourth-order valence-electron chi connectivity index (χ4n) is 6.61. The Labute approximate surface area is 386 Å². The number of nitrogens with zero attached hydrogens (tertiary/aromatic N) is 1. The van der Waals surface area contributed by atoms with Gasteiger partial charge in [-0.25, -0.2) is 4.79 Å². The zero-order valence-electron chi connectivity index (χ0n) is 36.8. The fraction of sp³-hybridized carbons (Fsp3) is 0.196. The molecule has 3 amide bonds. The van der Waals surface area contributed by atoms with Crippen molar-refractivity contribution < 1.29 is 52.7 Å². The van der Waals surface area contributed by atoms with E-state index >= 15 is 0 Å². The van der Waals surface area contributed by atoms with E-state index in [4.69, 9.17) is 19.9 Å². The first-order valence-corrected chi connectivity index (χ1v) is 20.9. The van der Waals surface area contributed by atoms with E-state index in [1.165, 1.54) is 60.7 Å². The van der Waals surface area contributed by atoms with E-state index in [0.717, 1.165) is 0 Å². The van der Waals surface area contributed by atoms with Gasteiger partial charge < -0.3 is 30.6 Å². The average Bonchev–Trinajstić information content (AvgIpc) is 3.30. The van der Waals surface area contributed by atoms with Crippen molar-refractivity contribution in [1.82, 2.24) is 5.32 Å². The maximum atomic E-state index is 13.7. The number of benzene rings is 5. The molecule has 0 aliphatic heterocycles. The fourth-order valence-corrected chi connectivity index (χ4v) is 6.61. The summed E-state index contributed by atoms with van der Waals surface area (Å²) >= 11 is 0. The Balaban J connectivity index is 1.25. The number of esters is 1. The maximum Gasteiger partial charge on any atom is 0.338 e. The van der Waals surface area contributed by atoms with Crippen LogP contribution in [-0.2, 0) is 33.6 Å². The number of hydrogen-bond acceptors (Lipinski definition) is 12. The highest BCUT2D eigenvalue weighted by Crippen LogP contribution is 2.38. The molecule has 0 unspecified atom stereocenters. The molecule has 16 nitrogen and oxygen atoms in total. The minimum atomic E-state index is -1.28. The van der Waals surface area contributed by atoms with Crippen LogP contribution in [-0.4, -0.2) is 71.3 Å². The van der Waals surface area contributed by atoms with Crippen molar-refractivity contribution in [2.45, 2.75) is 51.7 Å². The van der Waals surface area contributed by atoms with Crippen molar-refractivity contribution in [3.05, 3.63) is 189 Å². The largest absolute Gasteiger partial charge is 0.487 e. The van der Waals surface area contributed by atoms with Crippen molar-refractivity contribution in [3.63, 3.8) is 0 Å². The van der Waals surface area contributed by atoms with Crippen molar-refractivity contribution in [1.29, 1.82) is 0 Å². The summed E-state index contributed by atoms with van der Waals surface area (Å²) in [5.41, 5.74) is 8.34. The summed E-state index contributed by atoms with van der Waals surface area (Å²) in [5, 5.41) is 16.1. The van der Waals surface area contributed by atoms with Gasteiger partial charge in [0.15, 0.2) is 28.8 Å². The minimum Gasteiger partial charge on any atom is -0.487 e. The maximum absolute atomic E-state index is 13.7. The van der Waals surface area contributed by atoms with Crippen molar-refractivity contribution in [2.75, 3.05) is 18.5 Å². The molecule has 5 aromatic rings. The Kier molecular flexibility index (Phi) is 17.3. The minimum absolute atomic E-state index is 0.0252. The predicted octanol–water partition coefficient (Wildman–Crippen LogP) is 7.18. The number of primary amides is 1. The normalized spacial score (nSPS) is 11.1. The summed E-state index contributed by atoms with van der Waals surface area (Å²) in [4.78, 5) is 101. The number of non-ortho nitro benzene ring substituents is 1. The van der Waals surface area contributed by atoms with Gasteiger partial charge in [0.25, 0.3) is 17.5 Å². The number of ether oxygens (including phenoxy) is 3. The summed E-state index contributed by atoms with van der Waals surface area (Å²) in [6.07, 6.45) is 1.77. The molecule has 4 N–H and O–H groups in total. The summed E-state index contributed by atoms with van der Waals surface area (Å²) in [5.74, 6) is -3.29. The number of rotatable bonds is 24. The standard InChI is InChI=1S/C51H48N4O12/c1-5-25-65-48-41(44(57)27-32-9-13-37(14-10-32)51(62)66-26-6-2)24-19-38(47(48)67-31(3)4)29-43(56)34-11-7-33(8-12-34)28-45(58)42(30-46(52)59)54-50(61)35-15-20-39(21-16-35)53-49(60)36-17-22-40(23-18-36)55(63)64/h5-24,31,42H,1-2,25-30H2,3-4H3,(H2,52,59)(H,53,60)(H,54,61)/t42-/m0/s1. The Bertz CT molecular complexity index is 2680. The number of Topliss-reactive ketones (excluding diaryl/α,β-unsaturated/α-hetero) is 3. The van der Waals surface area contributed by atoms with E-state index in [-0.39, 0.29) is 84.0 Å². The van der Waals surface area contributed by atoms with E-state index in [0.29, 0.717) is 33.5 Å². The first kappa shape index (κ1) is 49.5.